The average molecular weight is 262 g/mol. The molecular weight excluding hydrogens is 239 g/mol. The molecule has 1 N–H and O–H groups in total. The number of nitrogens with one attached hydrogen (secondary N) is 1. The molecule has 3 atom stereocenters. The van der Waals surface area contributed by atoms with Crippen molar-refractivity contribution in [2.45, 2.75) is 38.3 Å². The van der Waals surface area contributed by atoms with E-state index in [1.54, 1.807) is 12.1 Å². The van der Waals surface area contributed by atoms with Gasteiger partial charge in [0.1, 0.15) is 5.82 Å². The van der Waals surface area contributed by atoms with Crippen LogP contribution in [0.5, 0.6) is 0 Å². The molecule has 0 amide bonds. The van der Waals surface area contributed by atoms with Crippen LogP contribution < -0.4 is 5.32 Å². The van der Waals surface area contributed by atoms with Crippen molar-refractivity contribution in [3.05, 3.63) is 35.6 Å². The summed E-state index contributed by atoms with van der Waals surface area (Å²) >= 11 is 0. The molecule has 3 unspecified atom stereocenters. The van der Waals surface area contributed by atoms with E-state index in [-0.39, 0.29) is 5.82 Å². The number of rotatable bonds is 3. The monoisotopic (exact) mass is 262 g/mol. The summed E-state index contributed by atoms with van der Waals surface area (Å²) < 4.78 is 13.7. The van der Waals surface area contributed by atoms with Crippen LogP contribution in [0.3, 0.4) is 0 Å². The fraction of sp³-hybridized carbons (Fsp3) is 0.625. The maximum atomic E-state index is 13.7. The number of fused-ring (bicyclic) bond motifs is 1. The van der Waals surface area contributed by atoms with E-state index >= 15 is 0 Å². The van der Waals surface area contributed by atoms with Crippen molar-refractivity contribution >= 4 is 0 Å². The molecule has 0 spiro atoms. The molecule has 0 saturated carbocycles. The van der Waals surface area contributed by atoms with E-state index in [0.29, 0.717) is 12.1 Å². The minimum atomic E-state index is -0.0657. The standard InChI is InChI=1S/C16H23FN2/c1-12(9-13-5-2-3-7-15(13)17)19-10-14-6-4-8-18-16(14)11-19/h2-3,5,7,12,14,16,18H,4,6,8-11H2,1H3. The molecule has 2 nitrogen and oxygen atoms in total. The molecule has 0 aliphatic carbocycles. The van der Waals surface area contributed by atoms with Gasteiger partial charge in [0, 0.05) is 25.2 Å². The van der Waals surface area contributed by atoms with Crippen molar-refractivity contribution in [1.29, 1.82) is 0 Å². The number of benzene rings is 1. The Bertz CT molecular complexity index is 421. The summed E-state index contributed by atoms with van der Waals surface area (Å²) in [5, 5.41) is 3.63. The first-order chi connectivity index (χ1) is 9.24. The van der Waals surface area contributed by atoms with Gasteiger partial charge in [-0.15, -0.1) is 0 Å². The van der Waals surface area contributed by atoms with Crippen LogP contribution >= 0.6 is 0 Å². The minimum absolute atomic E-state index is 0.0657. The molecule has 0 radical (unpaired) electrons. The second-order valence-corrected chi connectivity index (χ2v) is 6.06. The Kier molecular flexibility index (Phi) is 3.85. The van der Waals surface area contributed by atoms with Crippen molar-refractivity contribution in [2.24, 2.45) is 5.92 Å². The molecule has 3 rings (SSSR count). The van der Waals surface area contributed by atoms with Gasteiger partial charge in [0.2, 0.25) is 0 Å². The molecule has 2 aliphatic heterocycles. The summed E-state index contributed by atoms with van der Waals surface area (Å²) in [4.78, 5) is 2.53. The lowest BCUT2D eigenvalue weighted by Crippen LogP contribution is -2.41. The van der Waals surface area contributed by atoms with Crippen LogP contribution in [0.25, 0.3) is 0 Å². The van der Waals surface area contributed by atoms with E-state index in [9.17, 15) is 4.39 Å². The van der Waals surface area contributed by atoms with Gasteiger partial charge in [0.15, 0.2) is 0 Å². The van der Waals surface area contributed by atoms with Crippen LogP contribution in [0, 0.1) is 11.7 Å². The molecular formula is C16H23FN2. The molecule has 2 heterocycles. The smallest absolute Gasteiger partial charge is 0.126 e. The van der Waals surface area contributed by atoms with Gasteiger partial charge in [-0.3, -0.25) is 4.90 Å². The highest BCUT2D eigenvalue weighted by Crippen LogP contribution is 2.27. The summed E-state index contributed by atoms with van der Waals surface area (Å²) in [6.45, 7) is 5.69. The Balaban J connectivity index is 1.62. The first kappa shape index (κ1) is 13.1. The second kappa shape index (κ2) is 5.59. The number of hydrogen-bond acceptors (Lipinski definition) is 2. The van der Waals surface area contributed by atoms with Crippen molar-refractivity contribution < 1.29 is 4.39 Å². The van der Waals surface area contributed by atoms with E-state index in [1.807, 2.05) is 12.1 Å². The quantitative estimate of drug-likeness (QED) is 0.900. The number of piperidine rings is 1. The number of halogens is 1. The van der Waals surface area contributed by atoms with Gasteiger partial charge < -0.3 is 5.32 Å². The van der Waals surface area contributed by atoms with Crippen molar-refractivity contribution in [3.63, 3.8) is 0 Å². The Morgan fingerprint density at radius 3 is 3.00 bits per heavy atom. The third-order valence-corrected chi connectivity index (χ3v) is 4.72. The summed E-state index contributed by atoms with van der Waals surface area (Å²) in [6, 6.07) is 8.25. The SMILES string of the molecule is CC(Cc1ccccc1F)N1CC2CCCNC2C1. The summed E-state index contributed by atoms with van der Waals surface area (Å²) in [6.07, 6.45) is 3.46. The second-order valence-electron chi connectivity index (χ2n) is 6.06. The van der Waals surface area contributed by atoms with Crippen molar-refractivity contribution in [1.82, 2.24) is 10.2 Å². The first-order valence-corrected chi connectivity index (χ1v) is 7.45. The third kappa shape index (κ3) is 2.82. The number of hydrogen-bond donors (Lipinski definition) is 1. The van der Waals surface area contributed by atoms with Crippen LogP contribution in [0.2, 0.25) is 0 Å². The van der Waals surface area contributed by atoms with E-state index in [2.05, 4.69) is 17.1 Å². The molecule has 104 valence electrons. The normalized spacial score (nSPS) is 29.2. The topological polar surface area (TPSA) is 15.3 Å². The highest BCUT2D eigenvalue weighted by molar-refractivity contribution is 5.18. The number of likely N-dealkylation sites (tertiary alicyclic amines) is 1. The predicted molar refractivity (Wildman–Crippen MR) is 75.7 cm³/mol. The maximum Gasteiger partial charge on any atom is 0.126 e. The lowest BCUT2D eigenvalue weighted by molar-refractivity contribution is 0.244. The third-order valence-electron chi connectivity index (χ3n) is 4.72. The molecule has 1 aromatic carbocycles. The van der Waals surface area contributed by atoms with Crippen LogP contribution in [0.15, 0.2) is 24.3 Å². The molecule has 0 aromatic heterocycles. The largest absolute Gasteiger partial charge is 0.312 e. The lowest BCUT2D eigenvalue weighted by atomic mass is 9.94. The van der Waals surface area contributed by atoms with Gasteiger partial charge in [-0.05, 0) is 50.3 Å². The Labute approximate surface area is 115 Å². The van der Waals surface area contributed by atoms with Crippen LogP contribution in [0.1, 0.15) is 25.3 Å². The van der Waals surface area contributed by atoms with Gasteiger partial charge in [-0.25, -0.2) is 4.39 Å². The van der Waals surface area contributed by atoms with Crippen molar-refractivity contribution in [2.75, 3.05) is 19.6 Å². The average Bonchev–Trinajstić information content (AvgIpc) is 2.85. The zero-order valence-corrected chi connectivity index (χ0v) is 11.6. The minimum Gasteiger partial charge on any atom is -0.312 e. The van der Waals surface area contributed by atoms with Gasteiger partial charge in [0.05, 0.1) is 0 Å². The van der Waals surface area contributed by atoms with Crippen LogP contribution in [-0.2, 0) is 6.42 Å². The zero-order chi connectivity index (χ0) is 13.2. The lowest BCUT2D eigenvalue weighted by Gasteiger charge is -2.25. The molecule has 19 heavy (non-hydrogen) atoms. The van der Waals surface area contributed by atoms with Crippen molar-refractivity contribution in [3.8, 4) is 0 Å². The summed E-state index contributed by atoms with van der Waals surface area (Å²) in [7, 11) is 0. The predicted octanol–water partition coefficient (Wildman–Crippen LogP) is 2.44. The highest BCUT2D eigenvalue weighted by Gasteiger charge is 2.35. The molecule has 1 aromatic rings. The maximum absolute atomic E-state index is 13.7. The van der Waals surface area contributed by atoms with Gasteiger partial charge >= 0.3 is 0 Å². The molecule has 2 saturated heterocycles. The van der Waals surface area contributed by atoms with E-state index in [0.717, 1.165) is 31.0 Å². The van der Waals surface area contributed by atoms with Crippen LogP contribution in [-0.4, -0.2) is 36.6 Å². The Morgan fingerprint density at radius 2 is 2.21 bits per heavy atom. The van der Waals surface area contributed by atoms with Gasteiger partial charge in [0.25, 0.3) is 0 Å². The summed E-state index contributed by atoms with van der Waals surface area (Å²) in [5.41, 5.74) is 0.845. The van der Waals surface area contributed by atoms with Gasteiger partial charge in [-0.1, -0.05) is 18.2 Å². The molecule has 2 aliphatic rings. The highest BCUT2D eigenvalue weighted by atomic mass is 19.1. The van der Waals surface area contributed by atoms with E-state index in [1.165, 1.54) is 19.4 Å². The molecule has 0 bridgehead atoms. The first-order valence-electron chi connectivity index (χ1n) is 7.45. The summed E-state index contributed by atoms with van der Waals surface area (Å²) in [5.74, 6) is 0.737. The molecule has 2 fully saturated rings. The van der Waals surface area contributed by atoms with Gasteiger partial charge in [-0.2, -0.15) is 0 Å². The zero-order valence-electron chi connectivity index (χ0n) is 11.6. The Hall–Kier alpha value is -0.930. The van der Waals surface area contributed by atoms with E-state index in [4.69, 9.17) is 0 Å². The fourth-order valence-electron chi connectivity index (χ4n) is 3.55. The molecule has 3 heteroatoms. The van der Waals surface area contributed by atoms with E-state index < -0.39 is 0 Å². The van der Waals surface area contributed by atoms with Crippen LogP contribution in [0.4, 0.5) is 4.39 Å². The fourth-order valence-corrected chi connectivity index (χ4v) is 3.55. The Morgan fingerprint density at radius 1 is 1.37 bits per heavy atom. The number of nitrogens with zero attached hydrogens (tertiary/aromatic N) is 1.